The molecule has 0 saturated carbocycles. The summed E-state index contributed by atoms with van der Waals surface area (Å²) in [5.41, 5.74) is 2.19. The third kappa shape index (κ3) is 4.29. The second-order valence-corrected chi connectivity index (χ2v) is 11.8. The summed E-state index contributed by atoms with van der Waals surface area (Å²) in [5, 5.41) is 9.40. The minimum atomic E-state index is -1.23. The van der Waals surface area contributed by atoms with Gasteiger partial charge >= 0.3 is 0 Å². The van der Waals surface area contributed by atoms with Gasteiger partial charge in [-0.2, -0.15) is 0 Å². The summed E-state index contributed by atoms with van der Waals surface area (Å²) in [6.45, 7) is 9.88. The monoisotopic (exact) mass is 517 g/mol. The van der Waals surface area contributed by atoms with Crippen LogP contribution in [0, 0.1) is 30.9 Å². The topological polar surface area (TPSA) is 70.2 Å². The molecular weight excluding hydrogens is 484 g/mol. The molecule has 4 atom stereocenters. The van der Waals surface area contributed by atoms with Crippen LogP contribution in [-0.4, -0.2) is 23.9 Å². The third-order valence-electron chi connectivity index (χ3n) is 7.77. The number of rotatable bonds is 4. The Bertz CT molecular complexity index is 1410. The van der Waals surface area contributed by atoms with E-state index in [1.165, 1.54) is 24.3 Å². The second-order valence-electron chi connectivity index (χ2n) is 11.8. The fourth-order valence-electron chi connectivity index (χ4n) is 6.20. The first-order valence-corrected chi connectivity index (χ1v) is 12.9. The maximum Gasteiger partial charge on any atom is 0.242 e. The molecule has 5 nitrogen and oxygen atoms in total. The minimum Gasteiger partial charge on any atom is -0.325 e. The first-order valence-electron chi connectivity index (χ1n) is 12.9. The number of fused-ring (bicyclic) bond motifs is 2. The number of nitrogens with one attached hydrogen (secondary N) is 3. The van der Waals surface area contributed by atoms with Crippen LogP contribution in [0.2, 0.25) is 0 Å². The number of halogens is 2. The Morgan fingerprint density at radius 2 is 1.74 bits per heavy atom. The molecule has 2 aliphatic heterocycles. The first kappa shape index (κ1) is 26.0. The van der Waals surface area contributed by atoms with Crippen LogP contribution < -0.4 is 16.0 Å². The number of anilines is 2. The van der Waals surface area contributed by atoms with Crippen molar-refractivity contribution in [2.75, 3.05) is 10.6 Å². The molecule has 0 bridgehead atoms. The molecule has 2 unspecified atom stereocenters. The highest BCUT2D eigenvalue weighted by molar-refractivity contribution is 6.10. The molecule has 198 valence electrons. The van der Waals surface area contributed by atoms with E-state index in [1.807, 2.05) is 25.1 Å². The summed E-state index contributed by atoms with van der Waals surface area (Å²) < 4.78 is 29.4. The van der Waals surface area contributed by atoms with Gasteiger partial charge in [0.25, 0.3) is 0 Å². The Balaban J connectivity index is 1.72. The predicted octanol–water partition coefficient (Wildman–Crippen LogP) is 5.97. The lowest BCUT2D eigenvalue weighted by atomic mass is 9.62. The molecule has 1 spiro atoms. The van der Waals surface area contributed by atoms with E-state index in [4.69, 9.17) is 0 Å². The molecule has 1 saturated heterocycles. The van der Waals surface area contributed by atoms with Crippen molar-refractivity contribution in [2.24, 2.45) is 5.41 Å². The van der Waals surface area contributed by atoms with E-state index < -0.39 is 41.0 Å². The van der Waals surface area contributed by atoms with Crippen molar-refractivity contribution in [1.82, 2.24) is 5.32 Å². The van der Waals surface area contributed by atoms with Crippen molar-refractivity contribution in [3.63, 3.8) is 0 Å². The fraction of sp³-hybridized carbons (Fsp3) is 0.355. The van der Waals surface area contributed by atoms with Crippen LogP contribution in [0.3, 0.4) is 0 Å². The minimum absolute atomic E-state index is 0.198. The molecule has 38 heavy (non-hydrogen) atoms. The van der Waals surface area contributed by atoms with Gasteiger partial charge in [0.2, 0.25) is 11.8 Å². The van der Waals surface area contributed by atoms with Crippen molar-refractivity contribution in [2.45, 2.75) is 64.5 Å². The number of carbonyl (C=O) groups excluding carboxylic acids is 2. The predicted molar refractivity (Wildman–Crippen MR) is 145 cm³/mol. The van der Waals surface area contributed by atoms with Gasteiger partial charge in [0, 0.05) is 23.3 Å². The van der Waals surface area contributed by atoms with Crippen LogP contribution in [0.1, 0.15) is 55.4 Å². The van der Waals surface area contributed by atoms with E-state index in [2.05, 4.69) is 36.7 Å². The average Bonchev–Trinajstić information content (AvgIpc) is 3.31. The molecule has 2 heterocycles. The quantitative estimate of drug-likeness (QED) is 0.399. The molecule has 2 amide bonds. The average molecular weight is 518 g/mol. The summed E-state index contributed by atoms with van der Waals surface area (Å²) >= 11 is 0. The highest BCUT2D eigenvalue weighted by Crippen LogP contribution is 2.57. The first-order chi connectivity index (χ1) is 17.9. The number of carbonyl (C=O) groups is 2. The van der Waals surface area contributed by atoms with Crippen molar-refractivity contribution in [1.29, 1.82) is 0 Å². The Labute approximate surface area is 222 Å². The third-order valence-corrected chi connectivity index (χ3v) is 7.77. The second kappa shape index (κ2) is 9.31. The summed E-state index contributed by atoms with van der Waals surface area (Å²) in [5.74, 6) is -2.34. The molecule has 3 N–H and O–H groups in total. The van der Waals surface area contributed by atoms with E-state index in [1.54, 1.807) is 25.1 Å². The van der Waals surface area contributed by atoms with Gasteiger partial charge in [0.1, 0.15) is 17.0 Å². The largest absolute Gasteiger partial charge is 0.325 e. The Morgan fingerprint density at radius 1 is 1.03 bits per heavy atom. The zero-order valence-corrected chi connectivity index (χ0v) is 22.3. The van der Waals surface area contributed by atoms with Gasteiger partial charge in [0.15, 0.2) is 0 Å². The molecule has 3 aromatic rings. The maximum atomic E-state index is 15.9. The maximum absolute atomic E-state index is 15.9. The van der Waals surface area contributed by atoms with Crippen LogP contribution >= 0.6 is 0 Å². The standard InChI is InChI=1S/C31H33F2N3O2/c1-17-9-14-22-23(15-17)35-29(38)31(22)24(16-30(3,4)5)36-27(25(31)21-8-6-7-18(2)26(21)33)28(37)34-20-12-10-19(32)11-13-20/h6-15,24-25,27,36H,16H2,1-5H3,(H,34,37)(H,35,38)/t24?,25?,27-,31-/m1/s1. The van der Waals surface area contributed by atoms with Crippen LogP contribution in [0.5, 0.6) is 0 Å². The smallest absolute Gasteiger partial charge is 0.242 e. The summed E-state index contributed by atoms with van der Waals surface area (Å²) in [6.07, 6.45) is 0.567. The molecule has 0 radical (unpaired) electrons. The van der Waals surface area contributed by atoms with E-state index in [-0.39, 0.29) is 11.3 Å². The van der Waals surface area contributed by atoms with E-state index in [9.17, 15) is 14.0 Å². The number of amides is 2. The number of aryl methyl sites for hydroxylation is 2. The van der Waals surface area contributed by atoms with Crippen LogP contribution in [0.4, 0.5) is 20.2 Å². The van der Waals surface area contributed by atoms with Gasteiger partial charge < -0.3 is 16.0 Å². The van der Waals surface area contributed by atoms with Crippen LogP contribution in [0.15, 0.2) is 60.7 Å². The number of hydrogen-bond acceptors (Lipinski definition) is 3. The van der Waals surface area contributed by atoms with E-state index in [0.717, 1.165) is 11.1 Å². The zero-order chi connectivity index (χ0) is 27.4. The summed E-state index contributed by atoms with van der Waals surface area (Å²) in [4.78, 5) is 28.0. The van der Waals surface area contributed by atoms with Crippen LogP contribution in [0.25, 0.3) is 0 Å². The van der Waals surface area contributed by atoms with Gasteiger partial charge in [-0.05, 0) is 78.3 Å². The van der Waals surface area contributed by atoms with Crippen molar-refractivity contribution < 1.29 is 18.4 Å². The van der Waals surface area contributed by atoms with Gasteiger partial charge in [-0.3, -0.25) is 9.59 Å². The lowest BCUT2D eigenvalue weighted by Gasteiger charge is -2.37. The molecular formula is C31H33F2N3O2. The Morgan fingerprint density at radius 3 is 2.42 bits per heavy atom. The Hall–Kier alpha value is -3.58. The van der Waals surface area contributed by atoms with E-state index in [0.29, 0.717) is 28.9 Å². The van der Waals surface area contributed by atoms with Gasteiger partial charge in [-0.15, -0.1) is 0 Å². The van der Waals surface area contributed by atoms with Crippen molar-refractivity contribution in [3.8, 4) is 0 Å². The SMILES string of the molecule is Cc1ccc2c(c1)NC(=O)[C@@]21C(CC(C)(C)C)N[C@@H](C(=O)Nc2ccc(F)cc2)C1c1cccc(C)c1F. The van der Waals surface area contributed by atoms with Gasteiger partial charge in [-0.25, -0.2) is 8.78 Å². The molecule has 5 rings (SSSR count). The van der Waals surface area contributed by atoms with Gasteiger partial charge in [0.05, 0.1) is 6.04 Å². The molecule has 0 aromatic heterocycles. The van der Waals surface area contributed by atoms with E-state index >= 15 is 4.39 Å². The number of hydrogen-bond donors (Lipinski definition) is 3. The highest BCUT2D eigenvalue weighted by atomic mass is 19.1. The lowest BCUT2D eigenvalue weighted by molar-refractivity contribution is -0.122. The van der Waals surface area contributed by atoms with Gasteiger partial charge in [-0.1, -0.05) is 51.1 Å². The fourth-order valence-corrected chi connectivity index (χ4v) is 6.20. The molecule has 0 aliphatic carbocycles. The molecule has 1 fully saturated rings. The normalized spacial score (nSPS) is 24.4. The number of benzene rings is 3. The highest BCUT2D eigenvalue weighted by Gasteiger charge is 2.66. The zero-order valence-electron chi connectivity index (χ0n) is 22.3. The lowest BCUT2D eigenvalue weighted by Crippen LogP contribution is -2.49. The molecule has 2 aliphatic rings. The Kier molecular flexibility index (Phi) is 6.38. The van der Waals surface area contributed by atoms with Crippen molar-refractivity contribution in [3.05, 3.63) is 94.6 Å². The van der Waals surface area contributed by atoms with Crippen LogP contribution in [-0.2, 0) is 15.0 Å². The summed E-state index contributed by atoms with van der Waals surface area (Å²) in [7, 11) is 0. The van der Waals surface area contributed by atoms with Crippen molar-refractivity contribution >= 4 is 23.2 Å². The summed E-state index contributed by atoms with van der Waals surface area (Å²) in [6, 6.07) is 15.0. The molecule has 3 aromatic carbocycles. The molecule has 7 heteroatoms.